The molecule has 0 radical (unpaired) electrons. The SMILES string of the molecule is COc1ccc(-n2c(Br)nc3c(N)ncnc32)cc1Cl. The Morgan fingerprint density at radius 3 is 2.85 bits per heavy atom. The number of hydrogen-bond donors (Lipinski definition) is 1. The van der Waals surface area contributed by atoms with Gasteiger partial charge < -0.3 is 10.5 Å². The molecule has 0 aliphatic heterocycles. The minimum atomic E-state index is 0.328. The molecule has 3 aromatic rings. The van der Waals surface area contributed by atoms with E-state index in [0.29, 0.717) is 32.5 Å². The number of nitrogen functional groups attached to an aromatic ring is 1. The maximum Gasteiger partial charge on any atom is 0.184 e. The Balaban J connectivity index is 2.27. The number of ether oxygens (including phenoxy) is 1. The lowest BCUT2D eigenvalue weighted by molar-refractivity contribution is 0.415. The number of nitrogens with two attached hydrogens (primary N) is 1. The summed E-state index contributed by atoms with van der Waals surface area (Å²) < 4.78 is 7.50. The number of methoxy groups -OCH3 is 1. The van der Waals surface area contributed by atoms with Crippen LogP contribution in [0, 0.1) is 0 Å². The molecule has 2 heterocycles. The first-order valence-corrected chi connectivity index (χ1v) is 6.77. The van der Waals surface area contributed by atoms with Crippen LogP contribution in [0.5, 0.6) is 5.75 Å². The first-order valence-electron chi connectivity index (χ1n) is 5.60. The second-order valence-corrected chi connectivity index (χ2v) is 5.08. The van der Waals surface area contributed by atoms with Crippen molar-refractivity contribution >= 4 is 44.5 Å². The molecule has 0 spiro atoms. The maximum atomic E-state index is 6.15. The van der Waals surface area contributed by atoms with Gasteiger partial charge >= 0.3 is 0 Å². The van der Waals surface area contributed by atoms with E-state index in [2.05, 4.69) is 30.9 Å². The van der Waals surface area contributed by atoms with Crippen molar-refractivity contribution in [3.63, 3.8) is 0 Å². The molecule has 3 rings (SSSR count). The molecule has 2 N–H and O–H groups in total. The quantitative estimate of drug-likeness (QED) is 0.716. The van der Waals surface area contributed by atoms with Crippen molar-refractivity contribution in [3.05, 3.63) is 34.3 Å². The van der Waals surface area contributed by atoms with Gasteiger partial charge in [0.05, 0.1) is 17.8 Å². The zero-order valence-corrected chi connectivity index (χ0v) is 12.7. The van der Waals surface area contributed by atoms with Gasteiger partial charge in [0.25, 0.3) is 0 Å². The van der Waals surface area contributed by atoms with Gasteiger partial charge in [0.1, 0.15) is 12.1 Å². The average Bonchev–Trinajstić information content (AvgIpc) is 2.76. The fourth-order valence-electron chi connectivity index (χ4n) is 1.91. The van der Waals surface area contributed by atoms with Gasteiger partial charge in [-0.25, -0.2) is 15.0 Å². The van der Waals surface area contributed by atoms with Crippen LogP contribution in [-0.2, 0) is 0 Å². The van der Waals surface area contributed by atoms with Crippen LogP contribution in [0.25, 0.3) is 16.9 Å². The molecule has 0 saturated carbocycles. The standard InChI is InChI=1S/C12H9BrClN5O/c1-20-8-3-2-6(4-7(8)14)19-11-9(18-12(19)13)10(15)16-5-17-11/h2-5H,1H3,(H2,15,16,17). The summed E-state index contributed by atoms with van der Waals surface area (Å²) in [6, 6.07) is 5.40. The van der Waals surface area contributed by atoms with E-state index in [9.17, 15) is 0 Å². The van der Waals surface area contributed by atoms with Gasteiger partial charge in [0.2, 0.25) is 0 Å². The molecule has 0 aliphatic rings. The monoisotopic (exact) mass is 353 g/mol. The highest BCUT2D eigenvalue weighted by Crippen LogP contribution is 2.30. The fraction of sp³-hybridized carbons (Fsp3) is 0.0833. The largest absolute Gasteiger partial charge is 0.495 e. The minimum Gasteiger partial charge on any atom is -0.495 e. The highest BCUT2D eigenvalue weighted by atomic mass is 79.9. The lowest BCUT2D eigenvalue weighted by Gasteiger charge is -2.08. The maximum absolute atomic E-state index is 6.15. The second-order valence-electron chi connectivity index (χ2n) is 3.97. The van der Waals surface area contributed by atoms with Crippen LogP contribution in [0.1, 0.15) is 0 Å². The molecule has 20 heavy (non-hydrogen) atoms. The van der Waals surface area contributed by atoms with E-state index in [1.807, 2.05) is 6.07 Å². The summed E-state index contributed by atoms with van der Waals surface area (Å²) in [5.41, 5.74) is 7.73. The first-order chi connectivity index (χ1) is 9.61. The molecule has 0 saturated heterocycles. The summed E-state index contributed by atoms with van der Waals surface area (Å²) >= 11 is 9.54. The van der Waals surface area contributed by atoms with Crippen LogP contribution < -0.4 is 10.5 Å². The number of fused-ring (bicyclic) bond motifs is 1. The molecule has 0 amide bonds. The van der Waals surface area contributed by atoms with Gasteiger partial charge in [0, 0.05) is 0 Å². The Hall–Kier alpha value is -1.86. The first kappa shape index (κ1) is 13.1. The van der Waals surface area contributed by atoms with E-state index in [1.54, 1.807) is 23.8 Å². The fourth-order valence-corrected chi connectivity index (χ4v) is 2.71. The second kappa shape index (κ2) is 4.92. The lowest BCUT2D eigenvalue weighted by Crippen LogP contribution is -1.98. The molecule has 0 aliphatic carbocycles. The summed E-state index contributed by atoms with van der Waals surface area (Å²) in [5, 5.41) is 0.501. The number of anilines is 1. The number of benzene rings is 1. The Morgan fingerprint density at radius 1 is 1.35 bits per heavy atom. The zero-order valence-electron chi connectivity index (χ0n) is 10.3. The van der Waals surface area contributed by atoms with Crippen LogP contribution in [0.2, 0.25) is 5.02 Å². The van der Waals surface area contributed by atoms with Crippen molar-refractivity contribution in [1.82, 2.24) is 19.5 Å². The van der Waals surface area contributed by atoms with Gasteiger partial charge in [-0.15, -0.1) is 0 Å². The zero-order chi connectivity index (χ0) is 14.3. The summed E-state index contributed by atoms with van der Waals surface area (Å²) in [6.07, 6.45) is 1.40. The molecule has 0 unspecified atom stereocenters. The van der Waals surface area contributed by atoms with Crippen molar-refractivity contribution in [2.75, 3.05) is 12.8 Å². The average molecular weight is 355 g/mol. The number of halogens is 2. The Labute approximate surface area is 127 Å². The number of nitrogens with zero attached hydrogens (tertiary/aromatic N) is 4. The van der Waals surface area contributed by atoms with E-state index >= 15 is 0 Å². The Morgan fingerprint density at radius 2 is 2.15 bits per heavy atom. The van der Waals surface area contributed by atoms with Crippen molar-refractivity contribution in [2.45, 2.75) is 0 Å². The Bertz CT molecular complexity index is 804. The highest BCUT2D eigenvalue weighted by molar-refractivity contribution is 9.10. The van der Waals surface area contributed by atoms with Gasteiger partial charge in [-0.1, -0.05) is 11.6 Å². The summed E-state index contributed by atoms with van der Waals surface area (Å²) in [5.74, 6) is 0.930. The molecular formula is C12H9BrClN5O. The molecule has 6 nitrogen and oxygen atoms in total. The van der Waals surface area contributed by atoms with Crippen molar-refractivity contribution in [3.8, 4) is 11.4 Å². The molecular weight excluding hydrogens is 346 g/mol. The Kier molecular flexibility index (Phi) is 3.23. The van der Waals surface area contributed by atoms with Crippen LogP contribution in [0.4, 0.5) is 5.82 Å². The van der Waals surface area contributed by atoms with Gasteiger partial charge in [0.15, 0.2) is 21.7 Å². The number of aromatic nitrogens is 4. The normalized spacial score (nSPS) is 10.9. The smallest absolute Gasteiger partial charge is 0.184 e. The third-order valence-corrected chi connectivity index (χ3v) is 3.65. The van der Waals surface area contributed by atoms with Crippen molar-refractivity contribution in [1.29, 1.82) is 0 Å². The topological polar surface area (TPSA) is 78.9 Å². The van der Waals surface area contributed by atoms with Crippen molar-refractivity contribution < 1.29 is 4.74 Å². The van der Waals surface area contributed by atoms with Gasteiger partial charge in [-0.05, 0) is 34.1 Å². The third-order valence-electron chi connectivity index (χ3n) is 2.83. The minimum absolute atomic E-state index is 0.328. The number of imidazole rings is 1. The van der Waals surface area contributed by atoms with E-state index in [4.69, 9.17) is 22.1 Å². The van der Waals surface area contributed by atoms with Gasteiger partial charge in [-0.3, -0.25) is 4.57 Å². The number of hydrogen-bond acceptors (Lipinski definition) is 5. The number of rotatable bonds is 2. The van der Waals surface area contributed by atoms with E-state index < -0.39 is 0 Å². The molecule has 102 valence electrons. The molecule has 0 fully saturated rings. The predicted octanol–water partition coefficient (Wildman–Crippen LogP) is 2.82. The molecule has 0 atom stereocenters. The summed E-state index contributed by atoms with van der Waals surface area (Å²) in [4.78, 5) is 12.5. The van der Waals surface area contributed by atoms with Gasteiger partial charge in [-0.2, -0.15) is 0 Å². The van der Waals surface area contributed by atoms with Crippen molar-refractivity contribution in [2.24, 2.45) is 0 Å². The van der Waals surface area contributed by atoms with E-state index in [-0.39, 0.29) is 0 Å². The van der Waals surface area contributed by atoms with E-state index in [0.717, 1.165) is 5.69 Å². The summed E-state index contributed by atoms with van der Waals surface area (Å²) in [6.45, 7) is 0. The van der Waals surface area contributed by atoms with Crippen LogP contribution >= 0.6 is 27.5 Å². The summed E-state index contributed by atoms with van der Waals surface area (Å²) in [7, 11) is 1.57. The highest BCUT2D eigenvalue weighted by Gasteiger charge is 2.15. The van der Waals surface area contributed by atoms with Crippen LogP contribution in [0.15, 0.2) is 29.3 Å². The molecule has 1 aromatic carbocycles. The third kappa shape index (κ3) is 1.99. The molecule has 8 heteroatoms. The predicted molar refractivity (Wildman–Crippen MR) is 80.3 cm³/mol. The molecule has 0 bridgehead atoms. The van der Waals surface area contributed by atoms with Crippen LogP contribution in [-0.4, -0.2) is 26.6 Å². The van der Waals surface area contributed by atoms with E-state index in [1.165, 1.54) is 6.33 Å². The van der Waals surface area contributed by atoms with Crippen LogP contribution in [0.3, 0.4) is 0 Å². The molecule has 2 aromatic heterocycles. The lowest BCUT2D eigenvalue weighted by atomic mass is 10.3.